The fourth-order valence-corrected chi connectivity index (χ4v) is 6.25. The molecule has 9 heteroatoms. The highest BCUT2D eigenvalue weighted by Gasteiger charge is 2.42. The Kier molecular flexibility index (Phi) is 7.97. The van der Waals surface area contributed by atoms with Gasteiger partial charge in [-0.2, -0.15) is 5.10 Å². The van der Waals surface area contributed by atoms with Gasteiger partial charge in [-0.25, -0.2) is 4.98 Å². The second-order valence-electron chi connectivity index (χ2n) is 10.8. The Labute approximate surface area is 224 Å². The molecule has 1 saturated heterocycles. The zero-order valence-electron chi connectivity index (χ0n) is 22.8. The van der Waals surface area contributed by atoms with Crippen molar-refractivity contribution in [1.29, 1.82) is 0 Å². The first kappa shape index (κ1) is 26.6. The van der Waals surface area contributed by atoms with E-state index in [1.165, 1.54) is 0 Å². The predicted octanol–water partition coefficient (Wildman–Crippen LogP) is 3.36. The van der Waals surface area contributed by atoms with Crippen LogP contribution in [0.3, 0.4) is 0 Å². The zero-order valence-corrected chi connectivity index (χ0v) is 22.8. The van der Waals surface area contributed by atoms with Gasteiger partial charge in [0.2, 0.25) is 0 Å². The summed E-state index contributed by atoms with van der Waals surface area (Å²) in [6.45, 7) is 7.18. The lowest BCUT2D eigenvalue weighted by molar-refractivity contribution is -0.0893. The van der Waals surface area contributed by atoms with Gasteiger partial charge >= 0.3 is 0 Å². The number of aryl methyl sites for hydroxylation is 3. The van der Waals surface area contributed by atoms with Crippen LogP contribution in [-0.2, 0) is 11.3 Å². The van der Waals surface area contributed by atoms with Gasteiger partial charge in [0.25, 0.3) is 5.91 Å². The van der Waals surface area contributed by atoms with Gasteiger partial charge in [-0.15, -0.1) is 0 Å². The Balaban J connectivity index is 1.48. The zero-order chi connectivity index (χ0) is 26.7. The molecule has 0 radical (unpaired) electrons. The third-order valence-corrected chi connectivity index (χ3v) is 8.12. The minimum atomic E-state index is -1.01. The van der Waals surface area contributed by atoms with Crippen molar-refractivity contribution >= 4 is 5.91 Å². The fraction of sp³-hybridized carbons (Fsp3) is 0.552. The largest absolute Gasteiger partial charge is 0.385 e. The number of rotatable bonds is 8. The maximum Gasteiger partial charge on any atom is 0.275 e. The number of hydrogen-bond acceptors (Lipinski definition) is 6. The van der Waals surface area contributed by atoms with Crippen LogP contribution in [0.4, 0.5) is 0 Å². The number of ether oxygens (including phenoxy) is 1. The smallest absolute Gasteiger partial charge is 0.275 e. The second kappa shape index (κ2) is 11.4. The number of nitrogens with zero attached hydrogens (tertiary/aromatic N) is 5. The number of carbonyl (C=O) groups excluding carboxylic acids is 1. The molecule has 1 amide bonds. The van der Waals surface area contributed by atoms with Gasteiger partial charge in [0.1, 0.15) is 5.60 Å². The van der Waals surface area contributed by atoms with Crippen molar-refractivity contribution in [2.45, 2.75) is 70.2 Å². The molecule has 204 valence electrons. The third kappa shape index (κ3) is 5.28. The van der Waals surface area contributed by atoms with Crippen LogP contribution in [0.25, 0.3) is 11.3 Å². The van der Waals surface area contributed by atoms with Gasteiger partial charge in [0.15, 0.2) is 5.69 Å². The van der Waals surface area contributed by atoms with Crippen molar-refractivity contribution < 1.29 is 14.6 Å². The van der Waals surface area contributed by atoms with Gasteiger partial charge in [0, 0.05) is 50.6 Å². The SMILES string of the molecule is COC[C@]1(O)CCCC[C@H]1n1cnc(C(=O)N2CCNC[C@H]2CCn2nc(C)cc2C)c1-c1ccccc1. The molecule has 5 rings (SSSR count). The molecule has 1 aromatic carbocycles. The highest BCUT2D eigenvalue weighted by Crippen LogP contribution is 2.41. The minimum absolute atomic E-state index is 0.0361. The number of nitrogens with one attached hydrogen (secondary N) is 1. The van der Waals surface area contributed by atoms with E-state index in [1.807, 2.05) is 51.4 Å². The number of aliphatic hydroxyl groups is 1. The number of imidazole rings is 1. The number of aromatic nitrogens is 4. The summed E-state index contributed by atoms with van der Waals surface area (Å²) in [4.78, 5) is 20.9. The molecule has 2 N–H and O–H groups in total. The summed E-state index contributed by atoms with van der Waals surface area (Å²) in [6, 6.07) is 11.9. The summed E-state index contributed by atoms with van der Waals surface area (Å²) in [6.07, 6.45) is 5.99. The average molecular weight is 521 g/mol. The monoisotopic (exact) mass is 520 g/mol. The van der Waals surface area contributed by atoms with Gasteiger partial charge in [0.05, 0.1) is 30.4 Å². The van der Waals surface area contributed by atoms with E-state index in [0.717, 1.165) is 68.0 Å². The number of hydrogen-bond donors (Lipinski definition) is 2. The molecular weight excluding hydrogens is 480 g/mol. The average Bonchev–Trinajstić information content (AvgIpc) is 3.50. The van der Waals surface area contributed by atoms with E-state index in [9.17, 15) is 9.90 Å². The molecule has 2 aromatic heterocycles. The predicted molar refractivity (Wildman–Crippen MR) is 146 cm³/mol. The lowest BCUT2D eigenvalue weighted by Gasteiger charge is -2.41. The van der Waals surface area contributed by atoms with E-state index in [2.05, 4.69) is 23.4 Å². The molecule has 3 heterocycles. The Hall–Kier alpha value is -3.01. The van der Waals surface area contributed by atoms with Crippen molar-refractivity contribution in [2.75, 3.05) is 33.4 Å². The van der Waals surface area contributed by atoms with E-state index in [1.54, 1.807) is 13.4 Å². The first-order chi connectivity index (χ1) is 18.4. The first-order valence-corrected chi connectivity index (χ1v) is 13.8. The Morgan fingerprint density at radius 1 is 1.24 bits per heavy atom. The molecule has 3 aromatic rings. The number of benzene rings is 1. The summed E-state index contributed by atoms with van der Waals surface area (Å²) in [5.74, 6) is -0.0615. The molecule has 0 unspecified atom stereocenters. The normalized spacial score (nSPS) is 24.1. The third-order valence-electron chi connectivity index (χ3n) is 8.12. The van der Waals surface area contributed by atoms with E-state index < -0.39 is 5.60 Å². The van der Waals surface area contributed by atoms with Crippen molar-refractivity contribution in [3.63, 3.8) is 0 Å². The molecule has 3 atom stereocenters. The van der Waals surface area contributed by atoms with Crippen molar-refractivity contribution in [3.05, 3.63) is 59.8 Å². The van der Waals surface area contributed by atoms with Crippen LogP contribution in [0.15, 0.2) is 42.7 Å². The number of piperazine rings is 1. The summed E-state index contributed by atoms with van der Waals surface area (Å²) < 4.78 is 9.51. The fourth-order valence-electron chi connectivity index (χ4n) is 6.25. The van der Waals surface area contributed by atoms with Gasteiger partial charge in [-0.3, -0.25) is 9.48 Å². The van der Waals surface area contributed by atoms with Crippen LogP contribution in [0.2, 0.25) is 0 Å². The second-order valence-corrected chi connectivity index (χ2v) is 10.8. The molecule has 0 bridgehead atoms. The maximum atomic E-state index is 14.2. The van der Waals surface area contributed by atoms with E-state index in [0.29, 0.717) is 18.7 Å². The van der Waals surface area contributed by atoms with Crippen molar-refractivity contribution in [1.82, 2.24) is 29.5 Å². The standard InChI is InChI=1S/C29H40N6O3/c1-21-17-22(2)35(32-21)15-12-24-18-30-14-16-33(24)28(36)26-27(23-9-5-4-6-10-23)34(20-31-26)25-11-7-8-13-29(25,37)19-38-3/h4-6,9-10,17,20,24-25,30,37H,7-8,11-16,18-19H2,1-3H3/t24-,25-,29-/m1/s1. The minimum Gasteiger partial charge on any atom is -0.385 e. The first-order valence-electron chi connectivity index (χ1n) is 13.8. The van der Waals surface area contributed by atoms with Crippen molar-refractivity contribution in [3.8, 4) is 11.3 Å². The van der Waals surface area contributed by atoms with Crippen LogP contribution in [0.5, 0.6) is 0 Å². The van der Waals surface area contributed by atoms with Crippen LogP contribution in [0.1, 0.15) is 60.0 Å². The highest BCUT2D eigenvalue weighted by molar-refractivity contribution is 5.98. The molecule has 38 heavy (non-hydrogen) atoms. The Morgan fingerprint density at radius 3 is 2.79 bits per heavy atom. The van der Waals surface area contributed by atoms with Gasteiger partial charge in [-0.05, 0) is 39.2 Å². The van der Waals surface area contributed by atoms with E-state index >= 15 is 0 Å². The Morgan fingerprint density at radius 2 is 2.05 bits per heavy atom. The van der Waals surface area contributed by atoms with E-state index in [-0.39, 0.29) is 24.6 Å². The number of methoxy groups -OCH3 is 1. The van der Waals surface area contributed by atoms with E-state index in [4.69, 9.17) is 9.72 Å². The molecule has 2 aliphatic rings. The Bertz CT molecular complexity index is 1230. The lowest BCUT2D eigenvalue weighted by atomic mass is 9.80. The lowest BCUT2D eigenvalue weighted by Crippen LogP contribution is -2.54. The van der Waals surface area contributed by atoms with Crippen LogP contribution in [0, 0.1) is 13.8 Å². The summed E-state index contributed by atoms with van der Waals surface area (Å²) in [5, 5.41) is 19.7. The summed E-state index contributed by atoms with van der Waals surface area (Å²) >= 11 is 0. The van der Waals surface area contributed by atoms with Crippen molar-refractivity contribution in [2.24, 2.45) is 0 Å². The molecule has 0 spiro atoms. The van der Waals surface area contributed by atoms with Crippen LogP contribution < -0.4 is 5.32 Å². The number of carbonyl (C=O) groups is 1. The molecule has 1 aliphatic heterocycles. The maximum absolute atomic E-state index is 14.2. The highest BCUT2D eigenvalue weighted by atomic mass is 16.5. The number of amides is 1. The molecular formula is C29H40N6O3. The summed E-state index contributed by atoms with van der Waals surface area (Å²) in [7, 11) is 1.63. The van der Waals surface area contributed by atoms with Gasteiger partial charge in [-0.1, -0.05) is 43.2 Å². The molecule has 9 nitrogen and oxygen atoms in total. The topological polar surface area (TPSA) is 97.4 Å². The van der Waals surface area contributed by atoms with Crippen LogP contribution >= 0.6 is 0 Å². The molecule has 1 aliphatic carbocycles. The summed E-state index contributed by atoms with van der Waals surface area (Å²) in [5.41, 5.74) is 3.27. The quantitative estimate of drug-likeness (QED) is 0.473. The molecule has 1 saturated carbocycles. The van der Waals surface area contributed by atoms with Crippen LogP contribution in [-0.4, -0.2) is 80.2 Å². The molecule has 2 fully saturated rings. The van der Waals surface area contributed by atoms with Gasteiger partial charge < -0.3 is 24.6 Å².